The topological polar surface area (TPSA) is 102 Å². The third-order valence-corrected chi connectivity index (χ3v) is 10.5. The summed E-state index contributed by atoms with van der Waals surface area (Å²) in [7, 11) is -7.62. The fourth-order valence-electron chi connectivity index (χ4n) is 3.83. The summed E-state index contributed by atoms with van der Waals surface area (Å²) in [6, 6.07) is 9.83. The summed E-state index contributed by atoms with van der Waals surface area (Å²) >= 11 is 1.95. The maximum Gasteiger partial charge on any atom is 0.235 e. The third-order valence-electron chi connectivity index (χ3n) is 6.13. The molecule has 3 aromatic carbocycles. The monoisotopic (exact) mass is 678 g/mol. The van der Waals surface area contributed by atoms with Gasteiger partial charge in [0.05, 0.1) is 21.9 Å². The number of rotatable bonds is 10. The van der Waals surface area contributed by atoms with Crippen LogP contribution in [0.3, 0.4) is 0 Å². The molecule has 0 aromatic heterocycles. The van der Waals surface area contributed by atoms with Gasteiger partial charge in [0.2, 0.25) is 20.0 Å². The highest BCUT2D eigenvalue weighted by Crippen LogP contribution is 2.40. The van der Waals surface area contributed by atoms with Gasteiger partial charge in [-0.15, -0.1) is 0 Å². The lowest BCUT2D eigenvalue weighted by Gasteiger charge is -2.18. The van der Waals surface area contributed by atoms with Crippen molar-refractivity contribution in [1.29, 1.82) is 0 Å². The Hall–Kier alpha value is -2.52. The lowest BCUT2D eigenvalue weighted by atomic mass is 10.0. The van der Waals surface area contributed by atoms with Crippen molar-refractivity contribution in [2.45, 2.75) is 42.6 Å². The van der Waals surface area contributed by atoms with Crippen molar-refractivity contribution in [3.63, 3.8) is 0 Å². The molecule has 2 N–H and O–H groups in total. The zero-order valence-corrected chi connectivity index (χ0v) is 23.5. The highest BCUT2D eigenvalue weighted by molar-refractivity contribution is 14.1. The molecule has 0 atom stereocenters. The average molecular weight is 678 g/mol. The van der Waals surface area contributed by atoms with Gasteiger partial charge < -0.3 is 4.74 Å². The van der Waals surface area contributed by atoms with Gasteiger partial charge in [-0.05, 0) is 89.7 Å². The fraction of sp³-hybridized carbons (Fsp3) is 0.280. The summed E-state index contributed by atoms with van der Waals surface area (Å²) in [6.45, 7) is 0. The predicted octanol–water partition coefficient (Wildman–Crippen LogP) is 5.90. The first-order chi connectivity index (χ1) is 17.9. The van der Waals surface area contributed by atoms with Gasteiger partial charge in [-0.1, -0.05) is 6.07 Å². The molecule has 2 aliphatic rings. The maximum atomic E-state index is 14.7. The number of anilines is 2. The quantitative estimate of drug-likeness (QED) is 0.260. The first-order valence-electron chi connectivity index (χ1n) is 11.7. The summed E-state index contributed by atoms with van der Waals surface area (Å²) in [5.74, 6) is -2.45. The van der Waals surface area contributed by atoms with Crippen molar-refractivity contribution in [2.75, 3.05) is 9.44 Å². The van der Waals surface area contributed by atoms with Crippen LogP contribution in [-0.2, 0) is 26.5 Å². The SMILES string of the molecule is O=S(=O)(Nc1cc(Oc2cc(F)cc(Cc3ccc(I)cc3F)c2NS(=O)(=O)C2CC2)ccc1F)C1CC1. The molecule has 0 bridgehead atoms. The minimum Gasteiger partial charge on any atom is -0.455 e. The first-order valence-corrected chi connectivity index (χ1v) is 15.9. The molecule has 0 spiro atoms. The fourth-order valence-corrected chi connectivity index (χ4v) is 7.11. The number of sulfonamides is 2. The molecule has 202 valence electrons. The van der Waals surface area contributed by atoms with Gasteiger partial charge in [0.25, 0.3) is 0 Å². The Labute approximate surface area is 232 Å². The number of benzene rings is 3. The Morgan fingerprint density at radius 1 is 0.789 bits per heavy atom. The van der Waals surface area contributed by atoms with Gasteiger partial charge in [-0.25, -0.2) is 30.0 Å². The van der Waals surface area contributed by atoms with Gasteiger partial charge in [0, 0.05) is 22.1 Å². The van der Waals surface area contributed by atoms with E-state index in [2.05, 4.69) is 9.44 Å². The van der Waals surface area contributed by atoms with Gasteiger partial charge in [0.15, 0.2) is 5.75 Å². The van der Waals surface area contributed by atoms with E-state index in [-0.39, 0.29) is 40.4 Å². The van der Waals surface area contributed by atoms with Gasteiger partial charge >= 0.3 is 0 Å². The van der Waals surface area contributed by atoms with E-state index in [0.29, 0.717) is 29.3 Å². The zero-order valence-electron chi connectivity index (χ0n) is 19.7. The smallest absolute Gasteiger partial charge is 0.235 e. The summed E-state index contributed by atoms with van der Waals surface area (Å²) < 4.78 is 105. The third kappa shape index (κ3) is 6.20. The minimum atomic E-state index is -3.84. The van der Waals surface area contributed by atoms with Crippen molar-refractivity contribution >= 4 is 54.0 Å². The van der Waals surface area contributed by atoms with Crippen molar-refractivity contribution in [3.8, 4) is 11.5 Å². The van der Waals surface area contributed by atoms with Crippen molar-refractivity contribution in [2.24, 2.45) is 0 Å². The number of halogens is 4. The second kappa shape index (κ2) is 10.2. The van der Waals surface area contributed by atoms with Crippen LogP contribution in [0.4, 0.5) is 24.5 Å². The zero-order chi connectivity index (χ0) is 27.2. The standard InChI is InChI=1S/C25H22F3IN2O5S2/c26-16-10-15(9-14-1-2-17(29)12-22(14)28)25(31-38(34,35)20-6-7-20)24(11-16)36-18-3-8-21(27)23(13-18)30-37(32,33)19-4-5-19/h1-3,8,10-13,19-20,30-31H,4-7,9H2. The summed E-state index contributed by atoms with van der Waals surface area (Å²) in [5.41, 5.74) is -0.0960. The molecule has 0 aliphatic heterocycles. The van der Waals surface area contributed by atoms with Crippen LogP contribution in [0.25, 0.3) is 0 Å². The van der Waals surface area contributed by atoms with Crippen LogP contribution in [0.5, 0.6) is 11.5 Å². The molecule has 0 unspecified atom stereocenters. The highest BCUT2D eigenvalue weighted by atomic mass is 127. The molecule has 13 heteroatoms. The van der Waals surface area contributed by atoms with E-state index in [1.807, 2.05) is 22.6 Å². The summed E-state index contributed by atoms with van der Waals surface area (Å²) in [4.78, 5) is 0. The Morgan fingerprint density at radius 3 is 2.08 bits per heavy atom. The van der Waals surface area contributed by atoms with Crippen molar-refractivity contribution in [3.05, 3.63) is 80.7 Å². The van der Waals surface area contributed by atoms with Crippen molar-refractivity contribution < 1.29 is 34.7 Å². The average Bonchev–Trinajstić information content (AvgIpc) is 3.71. The Morgan fingerprint density at radius 2 is 1.45 bits per heavy atom. The molecule has 7 nitrogen and oxygen atoms in total. The highest BCUT2D eigenvalue weighted by Gasteiger charge is 2.37. The van der Waals surface area contributed by atoms with Crippen LogP contribution in [0, 0.1) is 21.0 Å². The van der Waals surface area contributed by atoms with Crippen LogP contribution in [0.15, 0.2) is 48.5 Å². The molecule has 2 aliphatic carbocycles. The molecule has 3 aromatic rings. The normalized spacial score (nSPS) is 15.8. The largest absolute Gasteiger partial charge is 0.455 e. The number of ether oxygens (including phenoxy) is 1. The number of nitrogens with one attached hydrogen (secondary N) is 2. The van der Waals surface area contributed by atoms with Gasteiger partial charge in [-0.3, -0.25) is 9.44 Å². The summed E-state index contributed by atoms with van der Waals surface area (Å²) in [6.07, 6.45) is 1.75. The molecule has 0 saturated heterocycles. The van der Waals surface area contributed by atoms with Gasteiger partial charge in [-0.2, -0.15) is 0 Å². The molecular formula is C25H22F3IN2O5S2. The first kappa shape index (κ1) is 27.1. The van der Waals surface area contributed by atoms with Crippen LogP contribution < -0.4 is 14.2 Å². The van der Waals surface area contributed by atoms with Crippen LogP contribution in [-0.4, -0.2) is 27.3 Å². The number of hydrogen-bond donors (Lipinski definition) is 2. The molecular weight excluding hydrogens is 656 g/mol. The molecule has 2 fully saturated rings. The van der Waals surface area contributed by atoms with E-state index in [1.165, 1.54) is 18.2 Å². The maximum absolute atomic E-state index is 14.7. The lowest BCUT2D eigenvalue weighted by Crippen LogP contribution is -2.19. The Balaban J connectivity index is 1.53. The molecule has 38 heavy (non-hydrogen) atoms. The molecule has 0 heterocycles. The second-order valence-corrected chi connectivity index (χ2v) is 14.5. The molecule has 2 saturated carbocycles. The Kier molecular flexibility index (Phi) is 7.28. The molecule has 0 radical (unpaired) electrons. The second-order valence-electron chi connectivity index (χ2n) is 9.29. The van der Waals surface area contributed by atoms with E-state index >= 15 is 0 Å². The van der Waals surface area contributed by atoms with E-state index in [9.17, 15) is 30.0 Å². The van der Waals surface area contributed by atoms with E-state index < -0.39 is 48.0 Å². The van der Waals surface area contributed by atoms with E-state index in [0.717, 1.165) is 24.3 Å². The van der Waals surface area contributed by atoms with Crippen LogP contribution >= 0.6 is 22.6 Å². The summed E-state index contributed by atoms with van der Waals surface area (Å²) in [5, 5.41) is -1.21. The van der Waals surface area contributed by atoms with E-state index in [1.54, 1.807) is 6.07 Å². The minimum absolute atomic E-state index is 0.0660. The van der Waals surface area contributed by atoms with Crippen molar-refractivity contribution in [1.82, 2.24) is 0 Å². The Bertz CT molecular complexity index is 1630. The lowest BCUT2D eigenvalue weighted by molar-refractivity contribution is 0.476. The van der Waals surface area contributed by atoms with Crippen LogP contribution in [0.2, 0.25) is 0 Å². The van der Waals surface area contributed by atoms with E-state index in [4.69, 9.17) is 4.74 Å². The molecule has 0 amide bonds. The number of hydrogen-bond acceptors (Lipinski definition) is 5. The van der Waals surface area contributed by atoms with Crippen LogP contribution in [0.1, 0.15) is 36.8 Å². The predicted molar refractivity (Wildman–Crippen MR) is 146 cm³/mol. The van der Waals surface area contributed by atoms with Gasteiger partial charge in [0.1, 0.15) is 23.2 Å². The molecule has 5 rings (SSSR count).